The van der Waals surface area contributed by atoms with Crippen LogP contribution in [0.5, 0.6) is 0 Å². The molecule has 1 nitrogen and oxygen atoms in total. The molecule has 0 unspecified atom stereocenters. The van der Waals surface area contributed by atoms with Crippen molar-refractivity contribution in [3.05, 3.63) is 40.4 Å². The molecule has 0 bridgehead atoms. The zero-order chi connectivity index (χ0) is 11.3. The van der Waals surface area contributed by atoms with Gasteiger partial charge in [-0.25, -0.2) is 0 Å². The van der Waals surface area contributed by atoms with Crippen molar-refractivity contribution >= 4 is 21.5 Å². The summed E-state index contributed by atoms with van der Waals surface area (Å²) in [4.78, 5) is 0. The fourth-order valence-corrected chi connectivity index (χ4v) is 2.06. The van der Waals surface area contributed by atoms with Gasteiger partial charge in [-0.3, -0.25) is 0 Å². The summed E-state index contributed by atoms with van der Waals surface area (Å²) in [5, 5.41) is 0. The Balaban J connectivity index is 2.75. The van der Waals surface area contributed by atoms with Gasteiger partial charge in [-0.2, -0.15) is 0 Å². The average molecular weight is 268 g/mol. The third-order valence-electron chi connectivity index (χ3n) is 2.37. The van der Waals surface area contributed by atoms with Gasteiger partial charge in [-0.15, -0.1) is 0 Å². The van der Waals surface area contributed by atoms with E-state index in [9.17, 15) is 0 Å². The minimum atomic E-state index is 0.779. The van der Waals surface area contributed by atoms with Crippen molar-refractivity contribution in [1.82, 2.24) is 0 Å². The molecule has 0 aromatic heterocycles. The first kappa shape index (κ1) is 12.5. The second-order valence-corrected chi connectivity index (χ2v) is 4.79. The van der Waals surface area contributed by atoms with Crippen molar-refractivity contribution in [1.29, 1.82) is 0 Å². The van der Waals surface area contributed by atoms with Gasteiger partial charge in [0.25, 0.3) is 0 Å². The molecule has 0 fully saturated rings. The average Bonchev–Trinajstić information content (AvgIpc) is 2.17. The highest BCUT2D eigenvalue weighted by atomic mass is 79.9. The lowest BCUT2D eigenvalue weighted by Crippen LogP contribution is -1.99. The number of halogens is 1. The van der Waals surface area contributed by atoms with Crippen LogP contribution in [0.25, 0.3) is 5.57 Å². The predicted octanol–water partition coefficient (Wildman–Crippen LogP) is 3.76. The van der Waals surface area contributed by atoms with Crippen LogP contribution in [0.4, 0.5) is 0 Å². The largest absolute Gasteiger partial charge is 0.330 e. The monoisotopic (exact) mass is 267 g/mol. The lowest BCUT2D eigenvalue weighted by molar-refractivity contribution is 0.744. The van der Waals surface area contributed by atoms with Crippen LogP contribution in [-0.4, -0.2) is 6.54 Å². The molecule has 0 atom stereocenters. The molecule has 1 aromatic carbocycles. The van der Waals surface area contributed by atoms with Crippen LogP contribution >= 0.6 is 15.9 Å². The SMILES string of the molecule is C=C(C)c1cc(Br)cc(CCCCN)c1. The van der Waals surface area contributed by atoms with E-state index in [2.05, 4.69) is 40.7 Å². The summed E-state index contributed by atoms with van der Waals surface area (Å²) in [7, 11) is 0. The van der Waals surface area contributed by atoms with Crippen molar-refractivity contribution in [3.63, 3.8) is 0 Å². The Morgan fingerprint density at radius 3 is 2.67 bits per heavy atom. The number of hydrogen-bond acceptors (Lipinski definition) is 1. The second kappa shape index (κ2) is 6.09. The highest BCUT2D eigenvalue weighted by Gasteiger charge is 2.00. The highest BCUT2D eigenvalue weighted by Crippen LogP contribution is 2.21. The summed E-state index contributed by atoms with van der Waals surface area (Å²) in [6.45, 7) is 6.78. The Labute approximate surface area is 101 Å². The molecule has 0 aliphatic rings. The number of allylic oxidation sites excluding steroid dienone is 1. The second-order valence-electron chi connectivity index (χ2n) is 3.87. The lowest BCUT2D eigenvalue weighted by Gasteiger charge is -2.06. The Kier molecular flexibility index (Phi) is 5.06. The standard InChI is InChI=1S/C13H18BrN/c1-10(2)12-7-11(5-3-4-6-15)8-13(14)9-12/h7-9H,1,3-6,15H2,2H3. The Morgan fingerprint density at radius 1 is 1.33 bits per heavy atom. The maximum atomic E-state index is 5.48. The Hall–Kier alpha value is -0.600. The quantitative estimate of drug-likeness (QED) is 0.808. The zero-order valence-corrected chi connectivity index (χ0v) is 10.8. The van der Waals surface area contributed by atoms with Crippen LogP contribution in [-0.2, 0) is 6.42 Å². The van der Waals surface area contributed by atoms with E-state index in [1.54, 1.807) is 0 Å². The van der Waals surface area contributed by atoms with Gasteiger partial charge in [0.05, 0.1) is 0 Å². The molecule has 0 amide bonds. The lowest BCUT2D eigenvalue weighted by atomic mass is 10.0. The minimum Gasteiger partial charge on any atom is -0.330 e. The van der Waals surface area contributed by atoms with Gasteiger partial charge in [0.1, 0.15) is 0 Å². The number of rotatable bonds is 5. The van der Waals surface area contributed by atoms with E-state index in [1.807, 2.05) is 6.92 Å². The van der Waals surface area contributed by atoms with Gasteiger partial charge in [-0.1, -0.05) is 34.1 Å². The summed E-state index contributed by atoms with van der Waals surface area (Å²) in [5.74, 6) is 0. The molecule has 2 N–H and O–H groups in total. The topological polar surface area (TPSA) is 26.0 Å². The summed E-state index contributed by atoms with van der Waals surface area (Å²) in [5.41, 5.74) is 9.16. The first-order chi connectivity index (χ1) is 7.13. The molecule has 0 saturated heterocycles. The fourth-order valence-electron chi connectivity index (χ4n) is 1.51. The first-order valence-corrected chi connectivity index (χ1v) is 6.08. The van der Waals surface area contributed by atoms with E-state index in [4.69, 9.17) is 5.73 Å². The number of hydrogen-bond donors (Lipinski definition) is 1. The van der Waals surface area contributed by atoms with Crippen LogP contribution in [0.3, 0.4) is 0 Å². The normalized spacial score (nSPS) is 10.3. The number of unbranched alkanes of at least 4 members (excludes halogenated alkanes) is 1. The minimum absolute atomic E-state index is 0.779. The van der Waals surface area contributed by atoms with E-state index < -0.39 is 0 Å². The van der Waals surface area contributed by atoms with Crippen LogP contribution < -0.4 is 5.73 Å². The van der Waals surface area contributed by atoms with Gasteiger partial charge >= 0.3 is 0 Å². The number of aryl methyl sites for hydroxylation is 1. The van der Waals surface area contributed by atoms with Crippen LogP contribution in [0.1, 0.15) is 30.9 Å². The molecular formula is C13H18BrN. The Bertz CT molecular complexity index is 344. The summed E-state index contributed by atoms with van der Waals surface area (Å²) >= 11 is 3.52. The van der Waals surface area contributed by atoms with Gasteiger partial charge in [-0.05, 0) is 56.0 Å². The molecule has 0 spiro atoms. The molecule has 0 saturated carbocycles. The molecule has 2 heteroatoms. The van der Waals surface area contributed by atoms with Crippen molar-refractivity contribution in [2.45, 2.75) is 26.2 Å². The zero-order valence-electron chi connectivity index (χ0n) is 9.22. The maximum Gasteiger partial charge on any atom is 0.0184 e. The molecule has 1 aromatic rings. The summed E-state index contributed by atoms with van der Waals surface area (Å²) in [6.07, 6.45) is 3.34. The van der Waals surface area contributed by atoms with Crippen LogP contribution in [0.15, 0.2) is 29.3 Å². The van der Waals surface area contributed by atoms with Gasteiger partial charge in [0.15, 0.2) is 0 Å². The first-order valence-electron chi connectivity index (χ1n) is 5.29. The van der Waals surface area contributed by atoms with E-state index in [1.165, 1.54) is 11.1 Å². The van der Waals surface area contributed by atoms with Gasteiger partial charge in [0, 0.05) is 4.47 Å². The molecule has 15 heavy (non-hydrogen) atoms. The summed E-state index contributed by atoms with van der Waals surface area (Å²) < 4.78 is 1.13. The highest BCUT2D eigenvalue weighted by molar-refractivity contribution is 9.10. The van der Waals surface area contributed by atoms with Crippen molar-refractivity contribution < 1.29 is 0 Å². The third kappa shape index (κ3) is 4.18. The molecule has 0 aliphatic heterocycles. The maximum absolute atomic E-state index is 5.48. The molecular weight excluding hydrogens is 250 g/mol. The van der Waals surface area contributed by atoms with Crippen molar-refractivity contribution in [3.8, 4) is 0 Å². The number of benzene rings is 1. The third-order valence-corrected chi connectivity index (χ3v) is 2.83. The van der Waals surface area contributed by atoms with Crippen molar-refractivity contribution in [2.75, 3.05) is 6.54 Å². The summed E-state index contributed by atoms with van der Waals surface area (Å²) in [6, 6.07) is 6.49. The molecule has 82 valence electrons. The van der Waals surface area contributed by atoms with Crippen LogP contribution in [0.2, 0.25) is 0 Å². The Morgan fingerprint density at radius 2 is 2.07 bits per heavy atom. The molecule has 1 rings (SSSR count). The van der Waals surface area contributed by atoms with Crippen molar-refractivity contribution in [2.24, 2.45) is 5.73 Å². The van der Waals surface area contributed by atoms with E-state index in [0.29, 0.717) is 0 Å². The van der Waals surface area contributed by atoms with Crippen LogP contribution in [0, 0.1) is 0 Å². The van der Waals surface area contributed by atoms with Gasteiger partial charge in [0.2, 0.25) is 0 Å². The predicted molar refractivity (Wildman–Crippen MR) is 70.8 cm³/mol. The van der Waals surface area contributed by atoms with Gasteiger partial charge < -0.3 is 5.73 Å². The fraction of sp³-hybridized carbons (Fsp3) is 0.385. The van der Waals surface area contributed by atoms with E-state index >= 15 is 0 Å². The molecule has 0 radical (unpaired) electrons. The van der Waals surface area contributed by atoms with E-state index in [0.717, 1.165) is 35.9 Å². The molecule has 0 aliphatic carbocycles. The van der Waals surface area contributed by atoms with E-state index in [-0.39, 0.29) is 0 Å². The molecule has 0 heterocycles. The smallest absolute Gasteiger partial charge is 0.0184 e. The number of nitrogens with two attached hydrogens (primary N) is 1.